The highest BCUT2D eigenvalue weighted by Crippen LogP contribution is 2.43. The molecule has 11 heteroatoms. The van der Waals surface area contributed by atoms with Crippen molar-refractivity contribution in [3.63, 3.8) is 0 Å². The molecule has 0 bridgehead atoms. The Balaban J connectivity index is 4.37. The van der Waals surface area contributed by atoms with Crippen molar-refractivity contribution in [2.24, 2.45) is 0 Å². The van der Waals surface area contributed by atoms with Crippen LogP contribution in [0.5, 0.6) is 0 Å². The molecule has 0 radical (unpaired) electrons. The third-order valence-electron chi connectivity index (χ3n) is 8.52. The van der Waals surface area contributed by atoms with Gasteiger partial charge in [-0.25, -0.2) is 4.57 Å². The van der Waals surface area contributed by atoms with Gasteiger partial charge in [-0.2, -0.15) is 0 Å². The predicted octanol–water partition coefficient (Wildman–Crippen LogP) is 10.4. The topological polar surface area (TPSA) is 149 Å². The van der Waals surface area contributed by atoms with Crippen molar-refractivity contribution in [3.8, 4) is 0 Å². The maximum Gasteiger partial charge on any atom is 0.472 e. The molecule has 0 fully saturated rings. The number of hydrogen-bond acceptors (Lipinski definition) is 9. The van der Waals surface area contributed by atoms with Crippen LogP contribution in [-0.2, 0) is 32.7 Å². The van der Waals surface area contributed by atoms with Gasteiger partial charge in [0.1, 0.15) is 12.7 Å². The van der Waals surface area contributed by atoms with Gasteiger partial charge >= 0.3 is 19.8 Å². The number of hydrogen-bond donors (Lipinski definition) is 3. The largest absolute Gasteiger partial charge is 0.472 e. The van der Waals surface area contributed by atoms with Crippen LogP contribution >= 0.6 is 7.82 Å². The van der Waals surface area contributed by atoms with E-state index in [2.05, 4.69) is 54.8 Å². The third-order valence-corrected chi connectivity index (χ3v) is 9.47. The lowest BCUT2D eigenvalue weighted by molar-refractivity contribution is -0.161. The number of aliphatic hydroxyl groups excluding tert-OH is 2. The molecule has 0 amide bonds. The SMILES string of the molecule is CCCC/C=C/C/C=C/CCCCCCCC(=O)O[C@H](COC(=O)CCCCCCC/C=C/CCCCCCCC)COP(=O)(O)OC[C@@H](O)CO. The Bertz CT molecular complexity index is 967. The first-order valence-electron chi connectivity index (χ1n) is 20.4. The Kier molecular flexibility index (Phi) is 36.2. The van der Waals surface area contributed by atoms with Crippen LogP contribution < -0.4 is 0 Å². The van der Waals surface area contributed by atoms with Crippen LogP contribution in [0.4, 0.5) is 0 Å². The fourth-order valence-electron chi connectivity index (χ4n) is 5.30. The second-order valence-corrected chi connectivity index (χ2v) is 15.1. The zero-order valence-corrected chi connectivity index (χ0v) is 33.7. The van der Waals surface area contributed by atoms with E-state index in [1.165, 1.54) is 57.8 Å². The summed E-state index contributed by atoms with van der Waals surface area (Å²) in [4.78, 5) is 34.9. The van der Waals surface area contributed by atoms with Crippen LogP contribution in [0.25, 0.3) is 0 Å². The molecular formula is C41H75O10P. The normalized spacial score (nSPS) is 14.3. The number of aliphatic hydroxyl groups is 2. The second-order valence-electron chi connectivity index (χ2n) is 13.7. The first kappa shape index (κ1) is 50.2. The highest BCUT2D eigenvalue weighted by atomic mass is 31.2. The highest BCUT2D eigenvalue weighted by Gasteiger charge is 2.27. The third kappa shape index (κ3) is 36.5. The average Bonchev–Trinajstić information content (AvgIpc) is 3.13. The number of ether oxygens (including phenoxy) is 2. The van der Waals surface area contributed by atoms with Crippen molar-refractivity contribution in [2.45, 2.75) is 187 Å². The van der Waals surface area contributed by atoms with Crippen LogP contribution in [0, 0.1) is 0 Å². The number of carbonyl (C=O) groups is 2. The van der Waals surface area contributed by atoms with E-state index in [0.29, 0.717) is 12.8 Å². The van der Waals surface area contributed by atoms with Gasteiger partial charge in [-0.1, -0.05) is 134 Å². The molecular weight excluding hydrogens is 683 g/mol. The molecule has 0 spiro atoms. The van der Waals surface area contributed by atoms with Gasteiger partial charge in [0.25, 0.3) is 0 Å². The zero-order valence-electron chi connectivity index (χ0n) is 32.8. The Morgan fingerprint density at radius 2 is 1.02 bits per heavy atom. The van der Waals surface area contributed by atoms with Gasteiger partial charge in [-0.3, -0.25) is 18.6 Å². The molecule has 0 aliphatic heterocycles. The van der Waals surface area contributed by atoms with Crippen molar-refractivity contribution >= 4 is 19.8 Å². The van der Waals surface area contributed by atoms with E-state index in [4.69, 9.17) is 19.1 Å². The fraction of sp³-hybridized carbons (Fsp3) is 0.805. The zero-order chi connectivity index (χ0) is 38.4. The van der Waals surface area contributed by atoms with E-state index in [9.17, 15) is 24.2 Å². The molecule has 0 aliphatic carbocycles. The molecule has 1 unspecified atom stereocenters. The molecule has 0 heterocycles. The first-order valence-corrected chi connectivity index (χ1v) is 21.9. The van der Waals surface area contributed by atoms with Gasteiger partial charge < -0.3 is 24.6 Å². The lowest BCUT2D eigenvalue weighted by Crippen LogP contribution is -2.29. The highest BCUT2D eigenvalue weighted by molar-refractivity contribution is 7.47. The summed E-state index contributed by atoms with van der Waals surface area (Å²) in [5.74, 6) is -0.951. The summed E-state index contributed by atoms with van der Waals surface area (Å²) in [6.07, 6.45) is 36.8. The van der Waals surface area contributed by atoms with E-state index in [1.54, 1.807) is 0 Å². The van der Waals surface area contributed by atoms with Crippen molar-refractivity contribution in [2.75, 3.05) is 26.4 Å². The minimum Gasteiger partial charge on any atom is -0.462 e. The molecule has 0 saturated carbocycles. The lowest BCUT2D eigenvalue weighted by atomic mass is 10.1. The smallest absolute Gasteiger partial charge is 0.462 e. The standard InChI is InChI=1S/C41H75O10P/c1-3-5-7-9-11-13-15-17-19-21-22-24-26-28-30-32-40(44)48-36-39(37-50-52(46,47)49-35-38(43)34-42)51-41(45)33-31-29-27-25-23-20-18-16-14-12-10-8-6-4-2/h10,12,16-19,38-39,42-43H,3-9,11,13-15,20-37H2,1-2H3,(H,46,47)/b12-10+,18-16+,19-17+/t38-,39+/m0/s1. The van der Waals surface area contributed by atoms with Crippen molar-refractivity contribution in [1.82, 2.24) is 0 Å². The Morgan fingerprint density at radius 3 is 1.56 bits per heavy atom. The molecule has 52 heavy (non-hydrogen) atoms. The Morgan fingerprint density at radius 1 is 0.577 bits per heavy atom. The van der Waals surface area contributed by atoms with Gasteiger partial charge in [-0.05, 0) is 64.2 Å². The molecule has 3 N–H and O–H groups in total. The van der Waals surface area contributed by atoms with Crippen LogP contribution in [0.15, 0.2) is 36.5 Å². The maximum atomic E-state index is 12.6. The minimum atomic E-state index is -4.62. The molecule has 0 aromatic carbocycles. The van der Waals surface area contributed by atoms with E-state index in [-0.39, 0.29) is 19.4 Å². The predicted molar refractivity (Wildman–Crippen MR) is 210 cm³/mol. The Hall–Kier alpha value is -1.81. The summed E-state index contributed by atoms with van der Waals surface area (Å²) in [5.41, 5.74) is 0. The van der Waals surface area contributed by atoms with Crippen LogP contribution in [0.2, 0.25) is 0 Å². The number of unbranched alkanes of at least 4 members (excludes halogenated alkanes) is 18. The van der Waals surface area contributed by atoms with Gasteiger partial charge in [0.15, 0.2) is 6.10 Å². The average molecular weight is 759 g/mol. The van der Waals surface area contributed by atoms with E-state index in [0.717, 1.165) is 77.0 Å². The number of carbonyl (C=O) groups excluding carboxylic acids is 2. The minimum absolute atomic E-state index is 0.166. The summed E-state index contributed by atoms with van der Waals surface area (Å²) in [5, 5.41) is 18.3. The number of allylic oxidation sites excluding steroid dienone is 6. The van der Waals surface area contributed by atoms with E-state index < -0.39 is 51.8 Å². The quantitative estimate of drug-likeness (QED) is 0.0240. The van der Waals surface area contributed by atoms with Crippen molar-refractivity contribution in [3.05, 3.63) is 36.5 Å². The Labute approximate surface area is 316 Å². The summed E-state index contributed by atoms with van der Waals surface area (Å²) in [6, 6.07) is 0. The summed E-state index contributed by atoms with van der Waals surface area (Å²) in [6.45, 7) is 2.30. The molecule has 0 rings (SSSR count). The molecule has 0 aromatic heterocycles. The molecule has 0 saturated heterocycles. The number of esters is 2. The van der Waals surface area contributed by atoms with Gasteiger partial charge in [-0.15, -0.1) is 0 Å². The monoisotopic (exact) mass is 759 g/mol. The molecule has 3 atom stereocenters. The van der Waals surface area contributed by atoms with Crippen LogP contribution in [-0.4, -0.2) is 65.7 Å². The van der Waals surface area contributed by atoms with Crippen molar-refractivity contribution < 1.29 is 47.8 Å². The summed E-state index contributed by atoms with van der Waals surface area (Å²) in [7, 11) is -4.62. The lowest BCUT2D eigenvalue weighted by Gasteiger charge is -2.20. The van der Waals surface area contributed by atoms with Crippen molar-refractivity contribution in [1.29, 1.82) is 0 Å². The van der Waals surface area contributed by atoms with Crippen LogP contribution in [0.3, 0.4) is 0 Å². The van der Waals surface area contributed by atoms with Gasteiger partial charge in [0.05, 0.1) is 19.8 Å². The van der Waals surface area contributed by atoms with Gasteiger partial charge in [0.2, 0.25) is 0 Å². The van der Waals surface area contributed by atoms with E-state index in [1.807, 2.05) is 0 Å². The molecule has 10 nitrogen and oxygen atoms in total. The van der Waals surface area contributed by atoms with Crippen LogP contribution in [0.1, 0.15) is 174 Å². The summed E-state index contributed by atoms with van der Waals surface area (Å²) >= 11 is 0. The number of rotatable bonds is 38. The summed E-state index contributed by atoms with van der Waals surface area (Å²) < 4.78 is 32.6. The number of phosphoric ester groups is 1. The molecule has 304 valence electrons. The molecule has 0 aliphatic rings. The molecule has 0 aromatic rings. The fourth-order valence-corrected chi connectivity index (χ4v) is 6.09. The number of phosphoric acid groups is 1. The second kappa shape index (κ2) is 37.5. The first-order chi connectivity index (χ1) is 25.2. The maximum absolute atomic E-state index is 12.6. The van der Waals surface area contributed by atoms with Gasteiger partial charge in [0, 0.05) is 12.8 Å². The van der Waals surface area contributed by atoms with E-state index >= 15 is 0 Å².